The highest BCUT2D eigenvalue weighted by Gasteiger charge is 2.42. The Balaban J connectivity index is 1.48. The number of urea groups is 1. The standard InChI is InChI=1S/C15H15Cl2N3O3/c16-11-3-1-9(5-12(11)17)2-4-13(21)19-7-10(8-19)20-14(22)6-18-15(20)23/h1,3,5,10H,2,4,6-8H2,(H,18,23). The molecule has 0 radical (unpaired) electrons. The zero-order chi connectivity index (χ0) is 16.6. The molecule has 23 heavy (non-hydrogen) atoms. The Kier molecular flexibility index (Phi) is 4.46. The molecule has 0 aliphatic carbocycles. The van der Waals surface area contributed by atoms with Crippen LogP contribution in [0, 0.1) is 0 Å². The number of nitrogens with zero attached hydrogens (tertiary/aromatic N) is 2. The Morgan fingerprint density at radius 3 is 2.57 bits per heavy atom. The van der Waals surface area contributed by atoms with E-state index in [2.05, 4.69) is 5.32 Å². The van der Waals surface area contributed by atoms with Crippen molar-refractivity contribution in [3.63, 3.8) is 0 Å². The topological polar surface area (TPSA) is 69.7 Å². The van der Waals surface area contributed by atoms with Gasteiger partial charge >= 0.3 is 6.03 Å². The number of amides is 4. The minimum Gasteiger partial charge on any atom is -0.338 e. The van der Waals surface area contributed by atoms with E-state index in [1.165, 1.54) is 4.90 Å². The fourth-order valence-electron chi connectivity index (χ4n) is 2.73. The molecule has 1 aromatic rings. The highest BCUT2D eigenvalue weighted by Crippen LogP contribution is 2.24. The lowest BCUT2D eigenvalue weighted by Gasteiger charge is -2.42. The number of carbonyl (C=O) groups excluding carboxylic acids is 3. The predicted octanol–water partition coefficient (Wildman–Crippen LogP) is 1.69. The molecule has 122 valence electrons. The van der Waals surface area contributed by atoms with E-state index in [4.69, 9.17) is 23.2 Å². The van der Waals surface area contributed by atoms with Crippen molar-refractivity contribution >= 4 is 41.0 Å². The highest BCUT2D eigenvalue weighted by molar-refractivity contribution is 6.42. The molecule has 0 saturated carbocycles. The number of hydrogen-bond acceptors (Lipinski definition) is 3. The lowest BCUT2D eigenvalue weighted by molar-refractivity contribution is -0.142. The molecule has 2 saturated heterocycles. The van der Waals surface area contributed by atoms with Crippen LogP contribution >= 0.6 is 23.2 Å². The van der Waals surface area contributed by atoms with Gasteiger partial charge in [-0.3, -0.25) is 14.5 Å². The fourth-order valence-corrected chi connectivity index (χ4v) is 3.05. The molecule has 2 fully saturated rings. The van der Waals surface area contributed by atoms with E-state index in [9.17, 15) is 14.4 Å². The van der Waals surface area contributed by atoms with E-state index in [-0.39, 0.29) is 30.4 Å². The van der Waals surface area contributed by atoms with Crippen LogP contribution in [0.25, 0.3) is 0 Å². The number of halogens is 2. The molecular formula is C15H15Cl2N3O3. The lowest BCUT2D eigenvalue weighted by Crippen LogP contribution is -2.62. The van der Waals surface area contributed by atoms with Gasteiger partial charge in [-0.1, -0.05) is 29.3 Å². The summed E-state index contributed by atoms with van der Waals surface area (Å²) in [7, 11) is 0. The third-order valence-corrected chi connectivity index (χ3v) is 4.81. The molecule has 2 aliphatic heterocycles. The van der Waals surface area contributed by atoms with Gasteiger partial charge in [0, 0.05) is 19.5 Å². The average molecular weight is 356 g/mol. The average Bonchev–Trinajstić information content (AvgIpc) is 2.79. The molecule has 3 rings (SSSR count). The van der Waals surface area contributed by atoms with Crippen molar-refractivity contribution < 1.29 is 14.4 Å². The van der Waals surface area contributed by atoms with Gasteiger partial charge in [0.05, 0.1) is 22.6 Å². The van der Waals surface area contributed by atoms with Crippen LogP contribution in [0.5, 0.6) is 0 Å². The maximum Gasteiger partial charge on any atom is 0.324 e. The first kappa shape index (κ1) is 16.1. The van der Waals surface area contributed by atoms with Gasteiger partial charge in [0.1, 0.15) is 0 Å². The first-order chi connectivity index (χ1) is 11.0. The number of imide groups is 1. The fraction of sp³-hybridized carbons (Fsp3) is 0.400. The van der Waals surface area contributed by atoms with Crippen LogP contribution < -0.4 is 5.32 Å². The molecule has 8 heteroatoms. The Labute approximate surface area is 143 Å². The van der Waals surface area contributed by atoms with Crippen molar-refractivity contribution in [2.75, 3.05) is 19.6 Å². The first-order valence-electron chi connectivity index (χ1n) is 7.27. The molecule has 2 aliphatic rings. The van der Waals surface area contributed by atoms with Gasteiger partial charge in [0.25, 0.3) is 0 Å². The first-order valence-corrected chi connectivity index (χ1v) is 8.03. The number of carbonyl (C=O) groups is 3. The van der Waals surface area contributed by atoms with Crippen molar-refractivity contribution in [2.24, 2.45) is 0 Å². The molecule has 0 atom stereocenters. The smallest absolute Gasteiger partial charge is 0.324 e. The van der Waals surface area contributed by atoms with Crippen molar-refractivity contribution in [2.45, 2.75) is 18.9 Å². The van der Waals surface area contributed by atoms with Crippen LogP contribution in [0.15, 0.2) is 18.2 Å². The van der Waals surface area contributed by atoms with Crippen LogP contribution in [0.1, 0.15) is 12.0 Å². The van der Waals surface area contributed by atoms with Gasteiger partial charge in [0.15, 0.2) is 0 Å². The lowest BCUT2D eigenvalue weighted by atomic mass is 10.0. The second kappa shape index (κ2) is 6.37. The molecule has 6 nitrogen and oxygen atoms in total. The monoisotopic (exact) mass is 355 g/mol. The number of rotatable bonds is 4. The van der Waals surface area contributed by atoms with E-state index in [1.807, 2.05) is 6.07 Å². The molecule has 0 bridgehead atoms. The third-order valence-electron chi connectivity index (χ3n) is 4.07. The second-order valence-electron chi connectivity index (χ2n) is 5.62. The van der Waals surface area contributed by atoms with Crippen LogP contribution in [0.2, 0.25) is 10.0 Å². The van der Waals surface area contributed by atoms with Gasteiger partial charge in [0.2, 0.25) is 11.8 Å². The molecule has 4 amide bonds. The minimum absolute atomic E-state index is 0.000577. The zero-order valence-electron chi connectivity index (χ0n) is 12.2. The van der Waals surface area contributed by atoms with Crippen molar-refractivity contribution in [3.05, 3.63) is 33.8 Å². The molecule has 0 aromatic heterocycles. The summed E-state index contributed by atoms with van der Waals surface area (Å²) in [5, 5.41) is 3.44. The second-order valence-corrected chi connectivity index (χ2v) is 6.44. The normalized spacial score (nSPS) is 18.2. The zero-order valence-corrected chi connectivity index (χ0v) is 13.7. The molecule has 0 unspecified atom stereocenters. The summed E-state index contributed by atoms with van der Waals surface area (Å²) in [6, 6.07) is 4.72. The largest absolute Gasteiger partial charge is 0.338 e. The molecule has 2 heterocycles. The van der Waals surface area contributed by atoms with Crippen LogP contribution in [-0.2, 0) is 16.0 Å². The molecular weight excluding hydrogens is 341 g/mol. The van der Waals surface area contributed by atoms with E-state index < -0.39 is 0 Å². The van der Waals surface area contributed by atoms with Crippen LogP contribution in [0.4, 0.5) is 4.79 Å². The highest BCUT2D eigenvalue weighted by atomic mass is 35.5. The number of likely N-dealkylation sites (tertiary alicyclic amines) is 1. The van der Waals surface area contributed by atoms with Gasteiger partial charge in [-0.2, -0.15) is 0 Å². The Hall–Kier alpha value is -1.79. The van der Waals surface area contributed by atoms with Gasteiger partial charge in [-0.15, -0.1) is 0 Å². The Morgan fingerprint density at radius 2 is 1.96 bits per heavy atom. The van der Waals surface area contributed by atoms with Gasteiger partial charge in [-0.25, -0.2) is 4.79 Å². The Morgan fingerprint density at radius 1 is 1.22 bits per heavy atom. The molecule has 0 spiro atoms. The SMILES string of the molecule is O=C(CCc1ccc(Cl)c(Cl)c1)N1CC(N2C(=O)CNC2=O)C1. The predicted molar refractivity (Wildman–Crippen MR) is 85.4 cm³/mol. The maximum atomic E-state index is 12.1. The Bertz CT molecular complexity index is 658. The summed E-state index contributed by atoms with van der Waals surface area (Å²) in [6.45, 7) is 0.847. The molecule has 1 N–H and O–H groups in total. The van der Waals surface area contributed by atoms with E-state index >= 15 is 0 Å². The van der Waals surface area contributed by atoms with Crippen molar-refractivity contribution in [3.8, 4) is 0 Å². The summed E-state index contributed by atoms with van der Waals surface area (Å²) in [6.07, 6.45) is 0.921. The summed E-state index contributed by atoms with van der Waals surface area (Å²) in [4.78, 5) is 38.1. The van der Waals surface area contributed by atoms with Gasteiger partial charge < -0.3 is 10.2 Å². The summed E-state index contributed by atoms with van der Waals surface area (Å²) < 4.78 is 0. The number of hydrogen-bond donors (Lipinski definition) is 1. The maximum absolute atomic E-state index is 12.1. The molecule has 1 aromatic carbocycles. The van der Waals surface area contributed by atoms with Crippen molar-refractivity contribution in [1.82, 2.24) is 15.1 Å². The number of aryl methyl sites for hydroxylation is 1. The number of nitrogens with one attached hydrogen (secondary N) is 1. The van der Waals surface area contributed by atoms with Crippen LogP contribution in [-0.4, -0.2) is 53.3 Å². The minimum atomic E-state index is -0.372. The summed E-state index contributed by atoms with van der Waals surface area (Å²) in [5.41, 5.74) is 0.943. The van der Waals surface area contributed by atoms with Crippen molar-refractivity contribution in [1.29, 1.82) is 0 Å². The van der Waals surface area contributed by atoms with E-state index in [1.54, 1.807) is 17.0 Å². The summed E-state index contributed by atoms with van der Waals surface area (Å²) >= 11 is 11.8. The number of benzene rings is 1. The quantitative estimate of drug-likeness (QED) is 0.835. The van der Waals surface area contributed by atoms with Gasteiger partial charge in [-0.05, 0) is 24.1 Å². The third kappa shape index (κ3) is 3.28. The summed E-state index contributed by atoms with van der Waals surface area (Å²) in [5.74, 6) is -0.234. The van der Waals surface area contributed by atoms with Crippen LogP contribution in [0.3, 0.4) is 0 Å². The van der Waals surface area contributed by atoms with E-state index in [0.717, 1.165) is 5.56 Å². The van der Waals surface area contributed by atoms with E-state index in [0.29, 0.717) is 36.0 Å².